The van der Waals surface area contributed by atoms with Gasteiger partial charge in [-0.3, -0.25) is 0 Å². The maximum Gasteiger partial charge on any atom is 0.104 e. The van der Waals surface area contributed by atoms with Gasteiger partial charge in [-0.25, -0.2) is 0 Å². The first-order valence-electron chi connectivity index (χ1n) is 5.69. The Bertz CT molecular complexity index is 436. The summed E-state index contributed by atoms with van der Waals surface area (Å²) in [6.45, 7) is 2.57. The monoisotopic (exact) mass is 286 g/mol. The van der Waals surface area contributed by atoms with Gasteiger partial charge in [-0.05, 0) is 18.2 Å². The van der Waals surface area contributed by atoms with E-state index in [0.29, 0.717) is 36.4 Å². The van der Waals surface area contributed by atoms with Gasteiger partial charge in [0.2, 0.25) is 0 Å². The minimum absolute atomic E-state index is 0.0603. The topological polar surface area (TPSA) is 56.5 Å². The van der Waals surface area contributed by atoms with E-state index in [1.54, 1.807) is 6.07 Å². The Morgan fingerprint density at radius 2 is 2.33 bits per heavy atom. The lowest BCUT2D eigenvalue weighted by molar-refractivity contribution is -0.0818. The number of halogens is 1. The molecule has 1 unspecified atom stereocenters. The molecule has 1 aromatic rings. The highest BCUT2D eigenvalue weighted by atomic mass is 35.5. The van der Waals surface area contributed by atoms with Crippen molar-refractivity contribution in [1.29, 1.82) is 0 Å². The van der Waals surface area contributed by atoms with Gasteiger partial charge >= 0.3 is 0 Å². The maximum atomic E-state index is 6.14. The van der Waals surface area contributed by atoms with Gasteiger partial charge < -0.3 is 20.5 Å². The minimum Gasteiger partial charge on any atom is -0.389 e. The Morgan fingerprint density at radius 3 is 2.94 bits per heavy atom. The number of thiocarbonyl (C=S) groups is 1. The summed E-state index contributed by atoms with van der Waals surface area (Å²) in [4.78, 5) is 0.340. The summed E-state index contributed by atoms with van der Waals surface area (Å²) in [5, 5.41) is 3.82. The largest absolute Gasteiger partial charge is 0.389 e. The zero-order valence-electron chi connectivity index (χ0n) is 9.82. The molecule has 0 spiro atoms. The molecular formula is C12H15ClN2O2S. The van der Waals surface area contributed by atoms with E-state index in [-0.39, 0.29) is 6.10 Å². The maximum absolute atomic E-state index is 6.14. The summed E-state index contributed by atoms with van der Waals surface area (Å²) in [6.07, 6.45) is 0.0603. The van der Waals surface area contributed by atoms with Crippen molar-refractivity contribution in [2.24, 2.45) is 5.73 Å². The molecule has 1 aromatic carbocycles. The first-order valence-corrected chi connectivity index (χ1v) is 6.48. The summed E-state index contributed by atoms with van der Waals surface area (Å²) in [5.74, 6) is 0. The van der Waals surface area contributed by atoms with E-state index in [1.165, 1.54) is 0 Å². The molecule has 0 saturated carbocycles. The number of rotatable bonds is 4. The highest BCUT2D eigenvalue weighted by molar-refractivity contribution is 7.80. The first kappa shape index (κ1) is 13.5. The van der Waals surface area contributed by atoms with E-state index in [2.05, 4.69) is 5.32 Å². The summed E-state index contributed by atoms with van der Waals surface area (Å²) >= 11 is 11.0. The van der Waals surface area contributed by atoms with Crippen molar-refractivity contribution < 1.29 is 9.47 Å². The quantitative estimate of drug-likeness (QED) is 0.827. The Hall–Kier alpha value is -0.880. The molecule has 3 N–H and O–H groups in total. The predicted molar refractivity (Wildman–Crippen MR) is 76.4 cm³/mol. The lowest BCUT2D eigenvalue weighted by atomic mass is 10.2. The van der Waals surface area contributed by atoms with Crippen molar-refractivity contribution in [3.63, 3.8) is 0 Å². The van der Waals surface area contributed by atoms with Crippen molar-refractivity contribution in [2.75, 3.05) is 31.7 Å². The average molecular weight is 287 g/mol. The van der Waals surface area contributed by atoms with Crippen LogP contribution in [0.25, 0.3) is 0 Å². The van der Waals surface area contributed by atoms with Crippen molar-refractivity contribution in [3.05, 3.63) is 28.8 Å². The van der Waals surface area contributed by atoms with Gasteiger partial charge in [0, 0.05) is 12.1 Å². The number of benzene rings is 1. The van der Waals surface area contributed by atoms with Crippen LogP contribution in [-0.2, 0) is 9.47 Å². The number of hydrogen-bond donors (Lipinski definition) is 2. The Balaban J connectivity index is 1.94. The molecule has 1 saturated heterocycles. The molecular weight excluding hydrogens is 272 g/mol. The molecule has 1 aliphatic rings. The second-order valence-corrected chi connectivity index (χ2v) is 4.85. The molecule has 1 atom stereocenters. The highest BCUT2D eigenvalue weighted by Crippen LogP contribution is 2.23. The highest BCUT2D eigenvalue weighted by Gasteiger charge is 2.14. The van der Waals surface area contributed by atoms with Gasteiger partial charge in [0.15, 0.2) is 0 Å². The third-order valence-electron chi connectivity index (χ3n) is 2.66. The van der Waals surface area contributed by atoms with Gasteiger partial charge in [0.25, 0.3) is 0 Å². The molecule has 0 aromatic heterocycles. The fourth-order valence-corrected chi connectivity index (χ4v) is 2.06. The third kappa shape index (κ3) is 3.55. The summed E-state index contributed by atoms with van der Waals surface area (Å²) in [5.41, 5.74) is 7.14. The van der Waals surface area contributed by atoms with E-state index >= 15 is 0 Å². The van der Waals surface area contributed by atoms with Crippen molar-refractivity contribution in [3.8, 4) is 0 Å². The van der Waals surface area contributed by atoms with Crippen LogP contribution >= 0.6 is 23.8 Å². The van der Waals surface area contributed by atoms with Crippen LogP contribution in [0.2, 0.25) is 5.02 Å². The number of nitrogens with two attached hydrogens (primary N) is 1. The van der Waals surface area contributed by atoms with Crippen molar-refractivity contribution >= 4 is 34.5 Å². The summed E-state index contributed by atoms with van der Waals surface area (Å²) in [7, 11) is 0. The Morgan fingerprint density at radius 1 is 1.50 bits per heavy atom. The van der Waals surface area contributed by atoms with Crippen LogP contribution in [0.4, 0.5) is 5.69 Å². The Labute approximate surface area is 116 Å². The van der Waals surface area contributed by atoms with E-state index < -0.39 is 0 Å². The number of hydrogen-bond acceptors (Lipinski definition) is 4. The van der Waals surface area contributed by atoms with Gasteiger partial charge in [0.1, 0.15) is 4.99 Å². The summed E-state index contributed by atoms with van der Waals surface area (Å²) < 4.78 is 10.8. The van der Waals surface area contributed by atoms with Gasteiger partial charge in [-0.15, -0.1) is 0 Å². The number of ether oxygens (including phenoxy) is 2. The molecule has 98 valence electrons. The smallest absolute Gasteiger partial charge is 0.104 e. The molecule has 1 heterocycles. The molecule has 6 heteroatoms. The normalized spacial score (nSPS) is 19.5. The van der Waals surface area contributed by atoms with Crippen LogP contribution in [-0.4, -0.2) is 37.5 Å². The zero-order chi connectivity index (χ0) is 13.0. The number of nitrogens with one attached hydrogen (secondary N) is 1. The molecule has 0 aliphatic carbocycles. The first-order chi connectivity index (χ1) is 8.66. The molecule has 18 heavy (non-hydrogen) atoms. The van der Waals surface area contributed by atoms with E-state index in [0.717, 1.165) is 11.3 Å². The second-order valence-electron chi connectivity index (χ2n) is 4.01. The summed E-state index contributed by atoms with van der Waals surface area (Å²) in [6, 6.07) is 5.46. The minimum atomic E-state index is 0.0603. The van der Waals surface area contributed by atoms with Gasteiger partial charge in [-0.1, -0.05) is 23.8 Å². The van der Waals surface area contributed by atoms with Crippen LogP contribution in [0, 0.1) is 0 Å². The van der Waals surface area contributed by atoms with Gasteiger partial charge in [-0.2, -0.15) is 0 Å². The fraction of sp³-hybridized carbons (Fsp3) is 0.417. The van der Waals surface area contributed by atoms with E-state index in [9.17, 15) is 0 Å². The fourth-order valence-electron chi connectivity index (χ4n) is 1.69. The third-order valence-corrected chi connectivity index (χ3v) is 3.21. The predicted octanol–water partition coefficient (Wildman–Crippen LogP) is 1.80. The molecule has 0 bridgehead atoms. The van der Waals surface area contributed by atoms with E-state index in [1.807, 2.05) is 12.1 Å². The Kier molecular flexibility index (Phi) is 4.77. The molecule has 0 radical (unpaired) electrons. The van der Waals surface area contributed by atoms with Crippen LogP contribution in [0.1, 0.15) is 5.56 Å². The lowest BCUT2D eigenvalue weighted by Gasteiger charge is -2.23. The molecule has 1 fully saturated rings. The van der Waals surface area contributed by atoms with Crippen molar-refractivity contribution in [1.82, 2.24) is 0 Å². The zero-order valence-corrected chi connectivity index (χ0v) is 11.4. The van der Waals surface area contributed by atoms with Crippen LogP contribution in [0.3, 0.4) is 0 Å². The number of anilines is 1. The molecule has 2 rings (SSSR count). The van der Waals surface area contributed by atoms with Gasteiger partial charge in [0.05, 0.1) is 36.6 Å². The molecule has 0 amide bonds. The molecule has 4 nitrogen and oxygen atoms in total. The lowest BCUT2D eigenvalue weighted by Crippen LogP contribution is -2.34. The van der Waals surface area contributed by atoms with Crippen molar-refractivity contribution in [2.45, 2.75) is 6.10 Å². The van der Waals surface area contributed by atoms with Crippen LogP contribution in [0.5, 0.6) is 0 Å². The average Bonchev–Trinajstić information content (AvgIpc) is 2.38. The SMILES string of the molecule is NC(=S)c1ccc(NCC2COCCO2)c(Cl)c1. The van der Waals surface area contributed by atoms with Crippen LogP contribution in [0.15, 0.2) is 18.2 Å². The van der Waals surface area contributed by atoms with Crippen LogP contribution < -0.4 is 11.1 Å². The van der Waals surface area contributed by atoms with E-state index in [4.69, 9.17) is 39.0 Å². The second kappa shape index (κ2) is 6.33. The molecule has 1 aliphatic heterocycles. The standard InChI is InChI=1S/C12H15ClN2O2S/c13-10-5-8(12(14)18)1-2-11(10)15-6-9-7-16-3-4-17-9/h1-2,5,9,15H,3-4,6-7H2,(H2,14,18).